The lowest BCUT2D eigenvalue weighted by Gasteiger charge is -2.15. The minimum absolute atomic E-state index is 0.974. The van der Waals surface area contributed by atoms with Gasteiger partial charge in [-0.05, 0) is 26.1 Å². The summed E-state index contributed by atoms with van der Waals surface area (Å²) in [5.74, 6) is 0. The van der Waals surface area contributed by atoms with Gasteiger partial charge in [-0.3, -0.25) is 4.90 Å². The molecule has 104 valence electrons. The highest BCUT2D eigenvalue weighted by Crippen LogP contribution is 2.21. The monoisotopic (exact) mass is 269 g/mol. The largest absolute Gasteiger partial charge is 0.312 e. The topological polar surface area (TPSA) is 28.2 Å². The normalized spacial score (nSPS) is 11.4. The smallest absolute Gasteiger partial charge is 0.107 e. The van der Waals surface area contributed by atoms with Gasteiger partial charge in [-0.1, -0.05) is 34.1 Å². The highest BCUT2D eigenvalue weighted by atomic mass is 32.1. The van der Waals surface area contributed by atoms with Crippen LogP contribution in [0.25, 0.3) is 0 Å². The third kappa shape index (κ3) is 4.67. The van der Waals surface area contributed by atoms with Gasteiger partial charge in [-0.25, -0.2) is 4.98 Å². The number of nitrogens with one attached hydrogen (secondary N) is 1. The molecule has 0 aliphatic rings. The van der Waals surface area contributed by atoms with E-state index in [1.165, 1.54) is 22.0 Å². The Bertz CT molecular complexity index is 332. The lowest BCUT2D eigenvalue weighted by molar-refractivity contribution is 0.295. The SMILES string of the molecule is CCCc1nc(CN(CC)CC)sc1CNCC. The van der Waals surface area contributed by atoms with Crippen molar-refractivity contribution in [2.24, 2.45) is 0 Å². The molecule has 4 heteroatoms. The molecule has 0 aliphatic carbocycles. The van der Waals surface area contributed by atoms with Crippen LogP contribution in [0.4, 0.5) is 0 Å². The van der Waals surface area contributed by atoms with Gasteiger partial charge in [0, 0.05) is 11.4 Å². The van der Waals surface area contributed by atoms with Crippen molar-refractivity contribution in [2.45, 2.75) is 53.6 Å². The van der Waals surface area contributed by atoms with Gasteiger partial charge < -0.3 is 5.32 Å². The van der Waals surface area contributed by atoms with Gasteiger partial charge >= 0.3 is 0 Å². The second-order valence-corrected chi connectivity index (χ2v) is 5.64. The Hall–Kier alpha value is -0.450. The third-order valence-electron chi connectivity index (χ3n) is 3.10. The van der Waals surface area contributed by atoms with Gasteiger partial charge in [-0.15, -0.1) is 11.3 Å². The molecule has 3 nitrogen and oxygen atoms in total. The van der Waals surface area contributed by atoms with E-state index in [0.29, 0.717) is 0 Å². The number of hydrogen-bond acceptors (Lipinski definition) is 4. The molecular weight excluding hydrogens is 242 g/mol. The van der Waals surface area contributed by atoms with Crippen LogP contribution in [0.5, 0.6) is 0 Å². The summed E-state index contributed by atoms with van der Waals surface area (Å²) in [5, 5.41) is 4.69. The zero-order chi connectivity index (χ0) is 13.4. The highest BCUT2D eigenvalue weighted by molar-refractivity contribution is 7.11. The molecule has 0 radical (unpaired) electrons. The fourth-order valence-electron chi connectivity index (χ4n) is 1.95. The summed E-state index contributed by atoms with van der Waals surface area (Å²) < 4.78 is 0. The van der Waals surface area contributed by atoms with Gasteiger partial charge in [0.1, 0.15) is 5.01 Å². The standard InChI is InChI=1S/C14H27N3S/c1-5-9-12-13(10-15-6-2)18-14(16-12)11-17(7-3)8-4/h15H,5-11H2,1-4H3. The van der Waals surface area contributed by atoms with Gasteiger partial charge in [0.25, 0.3) is 0 Å². The maximum Gasteiger partial charge on any atom is 0.107 e. The predicted molar refractivity (Wildman–Crippen MR) is 80.1 cm³/mol. The van der Waals surface area contributed by atoms with E-state index >= 15 is 0 Å². The van der Waals surface area contributed by atoms with Crippen LogP contribution in [-0.2, 0) is 19.5 Å². The molecule has 0 amide bonds. The second kappa shape index (κ2) is 8.62. The van der Waals surface area contributed by atoms with E-state index in [9.17, 15) is 0 Å². The minimum Gasteiger partial charge on any atom is -0.312 e. The Labute approximate surface area is 116 Å². The van der Waals surface area contributed by atoms with Crippen LogP contribution >= 0.6 is 11.3 Å². The predicted octanol–water partition coefficient (Wildman–Crippen LogP) is 3.05. The fraction of sp³-hybridized carbons (Fsp3) is 0.786. The molecule has 0 fully saturated rings. The molecule has 0 aliphatic heterocycles. The number of aromatic nitrogens is 1. The summed E-state index contributed by atoms with van der Waals surface area (Å²) in [6.07, 6.45) is 2.28. The number of rotatable bonds is 9. The molecule has 0 bridgehead atoms. The van der Waals surface area contributed by atoms with Crippen molar-refractivity contribution in [3.8, 4) is 0 Å². The zero-order valence-electron chi connectivity index (χ0n) is 12.3. The summed E-state index contributed by atoms with van der Waals surface area (Å²) in [6.45, 7) is 14.0. The molecular formula is C14H27N3S. The average molecular weight is 269 g/mol. The van der Waals surface area contributed by atoms with E-state index in [4.69, 9.17) is 4.98 Å². The second-order valence-electron chi connectivity index (χ2n) is 4.47. The molecule has 0 spiro atoms. The molecule has 1 rings (SSSR count). The Balaban J connectivity index is 2.73. The van der Waals surface area contributed by atoms with Crippen molar-refractivity contribution in [1.29, 1.82) is 0 Å². The Morgan fingerprint density at radius 3 is 2.44 bits per heavy atom. The molecule has 0 saturated heterocycles. The first-order chi connectivity index (χ1) is 8.74. The summed E-state index contributed by atoms with van der Waals surface area (Å²) in [4.78, 5) is 8.68. The Morgan fingerprint density at radius 2 is 1.89 bits per heavy atom. The molecule has 0 saturated carbocycles. The van der Waals surface area contributed by atoms with Crippen LogP contribution in [0.2, 0.25) is 0 Å². The van der Waals surface area contributed by atoms with Crippen LogP contribution in [0.1, 0.15) is 49.7 Å². The van der Waals surface area contributed by atoms with Crippen LogP contribution < -0.4 is 5.32 Å². The molecule has 1 aromatic rings. The summed E-state index contributed by atoms with van der Waals surface area (Å²) in [5.41, 5.74) is 1.31. The van der Waals surface area contributed by atoms with Gasteiger partial charge in [0.05, 0.1) is 12.2 Å². The van der Waals surface area contributed by atoms with Crippen molar-refractivity contribution in [3.05, 3.63) is 15.6 Å². The zero-order valence-corrected chi connectivity index (χ0v) is 13.1. The maximum absolute atomic E-state index is 4.83. The van der Waals surface area contributed by atoms with Crippen molar-refractivity contribution in [3.63, 3.8) is 0 Å². The molecule has 1 heterocycles. The Kier molecular flexibility index (Phi) is 7.47. The molecule has 0 atom stereocenters. The number of thiazole rings is 1. The van der Waals surface area contributed by atoms with Crippen LogP contribution in [0.3, 0.4) is 0 Å². The van der Waals surface area contributed by atoms with E-state index in [1.807, 2.05) is 11.3 Å². The third-order valence-corrected chi connectivity index (χ3v) is 4.18. The first-order valence-corrected chi connectivity index (χ1v) is 7.97. The molecule has 0 aromatic carbocycles. The van der Waals surface area contributed by atoms with E-state index in [1.54, 1.807) is 0 Å². The summed E-state index contributed by atoms with van der Waals surface area (Å²) >= 11 is 1.88. The first kappa shape index (κ1) is 15.6. The molecule has 0 unspecified atom stereocenters. The van der Waals surface area contributed by atoms with Crippen LogP contribution in [0, 0.1) is 0 Å². The van der Waals surface area contributed by atoms with Gasteiger partial charge in [-0.2, -0.15) is 0 Å². The van der Waals surface area contributed by atoms with Crippen molar-refractivity contribution >= 4 is 11.3 Å². The van der Waals surface area contributed by atoms with E-state index < -0.39 is 0 Å². The van der Waals surface area contributed by atoms with E-state index in [0.717, 1.165) is 39.1 Å². The molecule has 1 N–H and O–H groups in total. The number of nitrogens with zero attached hydrogens (tertiary/aromatic N) is 2. The van der Waals surface area contributed by atoms with Crippen LogP contribution in [0.15, 0.2) is 0 Å². The summed E-state index contributed by atoms with van der Waals surface area (Å²) in [7, 11) is 0. The number of hydrogen-bond donors (Lipinski definition) is 1. The van der Waals surface area contributed by atoms with Gasteiger partial charge in [0.15, 0.2) is 0 Å². The van der Waals surface area contributed by atoms with E-state index in [2.05, 4.69) is 37.9 Å². The quantitative estimate of drug-likeness (QED) is 0.747. The fourth-order valence-corrected chi connectivity index (χ4v) is 3.08. The average Bonchev–Trinajstić information content (AvgIpc) is 2.76. The lowest BCUT2D eigenvalue weighted by atomic mass is 10.2. The maximum atomic E-state index is 4.83. The molecule has 1 aromatic heterocycles. The van der Waals surface area contributed by atoms with Crippen molar-refractivity contribution in [2.75, 3.05) is 19.6 Å². The van der Waals surface area contributed by atoms with E-state index in [-0.39, 0.29) is 0 Å². The van der Waals surface area contributed by atoms with Crippen LogP contribution in [-0.4, -0.2) is 29.5 Å². The minimum atomic E-state index is 0.974. The first-order valence-electron chi connectivity index (χ1n) is 7.15. The lowest BCUT2D eigenvalue weighted by Crippen LogP contribution is -2.21. The van der Waals surface area contributed by atoms with Crippen molar-refractivity contribution < 1.29 is 0 Å². The summed E-state index contributed by atoms with van der Waals surface area (Å²) in [6, 6.07) is 0. The molecule has 18 heavy (non-hydrogen) atoms. The van der Waals surface area contributed by atoms with Gasteiger partial charge in [0.2, 0.25) is 0 Å². The Morgan fingerprint density at radius 1 is 1.17 bits per heavy atom. The van der Waals surface area contributed by atoms with Crippen molar-refractivity contribution in [1.82, 2.24) is 15.2 Å². The highest BCUT2D eigenvalue weighted by Gasteiger charge is 2.11. The number of aryl methyl sites for hydroxylation is 1.